The van der Waals surface area contributed by atoms with Crippen LogP contribution < -0.4 is 10.9 Å². The standard InChI is InChI=1S/C23H24F3N5O3/c1-12(14-6-3-7-15(18(14)24)19(25)26)29-20-17-9-16(13-5-4-8-31(10-13)23(33)34)22(32)30(2)21(17)28-11-27-20/h3,6-7,9,11-13,19H,4-5,8,10H2,1-2H3,(H,33,34)(H,27,28,29)/t12?,13-/m0/s1. The average molecular weight is 475 g/mol. The van der Waals surface area contributed by atoms with Crippen LogP contribution in [0.5, 0.6) is 0 Å². The number of rotatable bonds is 5. The van der Waals surface area contributed by atoms with Crippen LogP contribution in [-0.4, -0.2) is 43.7 Å². The minimum atomic E-state index is -2.94. The van der Waals surface area contributed by atoms with Crippen molar-refractivity contribution < 1.29 is 23.1 Å². The zero-order valence-corrected chi connectivity index (χ0v) is 18.6. The highest BCUT2D eigenvalue weighted by Crippen LogP contribution is 2.31. The Morgan fingerprint density at radius 1 is 1.26 bits per heavy atom. The molecule has 180 valence electrons. The fraction of sp³-hybridized carbons (Fsp3) is 0.391. The number of fused-ring (bicyclic) bond motifs is 1. The Morgan fingerprint density at radius 2 is 2.00 bits per heavy atom. The second kappa shape index (κ2) is 9.32. The van der Waals surface area contributed by atoms with Crippen LogP contribution in [-0.2, 0) is 7.05 Å². The molecular weight excluding hydrogens is 451 g/mol. The Bertz CT molecular complexity index is 1300. The number of pyridine rings is 1. The lowest BCUT2D eigenvalue weighted by molar-refractivity contribution is 0.130. The summed E-state index contributed by atoms with van der Waals surface area (Å²) in [5.74, 6) is -0.972. The molecule has 0 aliphatic carbocycles. The zero-order chi connectivity index (χ0) is 24.6. The first-order valence-electron chi connectivity index (χ1n) is 10.8. The second-order valence-electron chi connectivity index (χ2n) is 8.41. The first-order chi connectivity index (χ1) is 16.2. The maximum atomic E-state index is 14.7. The number of nitrogens with one attached hydrogen (secondary N) is 1. The quantitative estimate of drug-likeness (QED) is 0.566. The van der Waals surface area contributed by atoms with Gasteiger partial charge in [-0.25, -0.2) is 27.9 Å². The molecule has 3 aromatic rings. The highest BCUT2D eigenvalue weighted by atomic mass is 19.3. The van der Waals surface area contributed by atoms with Crippen LogP contribution >= 0.6 is 0 Å². The predicted molar refractivity (Wildman–Crippen MR) is 120 cm³/mol. The number of likely N-dealkylation sites (tertiary alicyclic amines) is 1. The van der Waals surface area contributed by atoms with Gasteiger partial charge in [0, 0.05) is 37.2 Å². The molecule has 0 bridgehead atoms. The van der Waals surface area contributed by atoms with Crippen molar-refractivity contribution in [1.82, 2.24) is 19.4 Å². The summed E-state index contributed by atoms with van der Waals surface area (Å²) in [5, 5.41) is 12.9. The van der Waals surface area contributed by atoms with Gasteiger partial charge in [-0.05, 0) is 25.8 Å². The first-order valence-corrected chi connectivity index (χ1v) is 10.8. The topological polar surface area (TPSA) is 100 Å². The summed E-state index contributed by atoms with van der Waals surface area (Å²) in [6.45, 7) is 2.24. The van der Waals surface area contributed by atoms with Crippen LogP contribution in [0.1, 0.15) is 54.8 Å². The van der Waals surface area contributed by atoms with Gasteiger partial charge < -0.3 is 15.3 Å². The van der Waals surface area contributed by atoms with Gasteiger partial charge >= 0.3 is 6.09 Å². The van der Waals surface area contributed by atoms with Gasteiger partial charge in [0.1, 0.15) is 23.6 Å². The van der Waals surface area contributed by atoms with Crippen molar-refractivity contribution in [2.24, 2.45) is 7.05 Å². The summed E-state index contributed by atoms with van der Waals surface area (Å²) in [5.41, 5.74) is -0.121. The number of carboxylic acid groups (broad SMARTS) is 1. The lowest BCUT2D eigenvalue weighted by Gasteiger charge is -2.31. The van der Waals surface area contributed by atoms with Crippen molar-refractivity contribution in [1.29, 1.82) is 0 Å². The van der Waals surface area contributed by atoms with Crippen molar-refractivity contribution in [3.05, 3.63) is 63.5 Å². The lowest BCUT2D eigenvalue weighted by atomic mass is 9.91. The summed E-state index contributed by atoms with van der Waals surface area (Å²) >= 11 is 0. The van der Waals surface area contributed by atoms with Gasteiger partial charge in [-0.2, -0.15) is 0 Å². The molecule has 0 radical (unpaired) electrons. The van der Waals surface area contributed by atoms with Crippen LogP contribution in [0.4, 0.5) is 23.8 Å². The molecule has 1 aromatic carbocycles. The van der Waals surface area contributed by atoms with Crippen LogP contribution in [0.15, 0.2) is 35.4 Å². The summed E-state index contributed by atoms with van der Waals surface area (Å²) in [6, 6.07) is 4.77. The van der Waals surface area contributed by atoms with Crippen molar-refractivity contribution in [2.45, 2.75) is 38.2 Å². The highest BCUT2D eigenvalue weighted by molar-refractivity contribution is 5.87. The molecule has 34 heavy (non-hydrogen) atoms. The van der Waals surface area contributed by atoms with Gasteiger partial charge in [0.2, 0.25) is 0 Å². The number of hydrogen-bond acceptors (Lipinski definition) is 5. The first kappa shape index (κ1) is 23.5. The molecule has 0 saturated carbocycles. The second-order valence-corrected chi connectivity index (χ2v) is 8.41. The largest absolute Gasteiger partial charge is 0.465 e. The number of hydrogen-bond donors (Lipinski definition) is 2. The molecule has 8 nitrogen and oxygen atoms in total. The van der Waals surface area contributed by atoms with Crippen LogP contribution in [0.25, 0.3) is 11.0 Å². The summed E-state index contributed by atoms with van der Waals surface area (Å²) in [4.78, 5) is 34.2. The molecule has 1 aliphatic rings. The molecular formula is C23H24F3N5O3. The molecule has 11 heteroatoms. The number of piperidine rings is 1. The van der Waals surface area contributed by atoms with Crippen molar-refractivity contribution in [3.8, 4) is 0 Å². The number of benzene rings is 1. The number of aromatic nitrogens is 3. The van der Waals surface area contributed by atoms with Gasteiger partial charge in [0.05, 0.1) is 17.0 Å². The van der Waals surface area contributed by atoms with Crippen LogP contribution in [0, 0.1) is 5.82 Å². The number of amides is 1. The van der Waals surface area contributed by atoms with E-state index in [-0.39, 0.29) is 23.6 Å². The number of halogens is 3. The Morgan fingerprint density at radius 3 is 2.71 bits per heavy atom. The third-order valence-corrected chi connectivity index (χ3v) is 6.28. The van der Waals surface area contributed by atoms with Crippen LogP contribution in [0.2, 0.25) is 0 Å². The normalized spacial score (nSPS) is 17.2. The van der Waals surface area contributed by atoms with E-state index in [2.05, 4.69) is 15.3 Å². The Balaban J connectivity index is 1.74. The van der Waals surface area contributed by atoms with E-state index in [4.69, 9.17) is 0 Å². The highest BCUT2D eigenvalue weighted by Gasteiger charge is 2.28. The van der Waals surface area contributed by atoms with Crippen molar-refractivity contribution in [2.75, 3.05) is 18.4 Å². The summed E-state index contributed by atoms with van der Waals surface area (Å²) in [6.07, 6.45) is -1.43. The van der Waals surface area contributed by atoms with Crippen molar-refractivity contribution >= 4 is 22.9 Å². The molecule has 1 saturated heterocycles. The van der Waals surface area contributed by atoms with E-state index in [9.17, 15) is 27.9 Å². The fourth-order valence-corrected chi connectivity index (χ4v) is 4.46. The molecule has 1 unspecified atom stereocenters. The SMILES string of the molecule is CC(Nc1ncnc2c1cc([C@H]1CCCN(C(=O)O)C1)c(=O)n2C)c1cccc(C(F)F)c1F. The number of alkyl halides is 2. The maximum Gasteiger partial charge on any atom is 0.407 e. The fourth-order valence-electron chi connectivity index (χ4n) is 4.46. The maximum absolute atomic E-state index is 14.7. The molecule has 1 fully saturated rings. The minimum absolute atomic E-state index is 0.0546. The number of nitrogens with zero attached hydrogens (tertiary/aromatic N) is 4. The van der Waals surface area contributed by atoms with E-state index in [1.54, 1.807) is 20.0 Å². The Labute approximate surface area is 193 Å². The van der Waals surface area contributed by atoms with E-state index in [0.717, 1.165) is 6.07 Å². The van der Waals surface area contributed by atoms with Gasteiger partial charge in [0.15, 0.2) is 0 Å². The summed E-state index contributed by atoms with van der Waals surface area (Å²) in [7, 11) is 1.57. The van der Waals surface area contributed by atoms with Gasteiger partial charge in [-0.1, -0.05) is 18.2 Å². The molecule has 1 aliphatic heterocycles. The van der Waals surface area contributed by atoms with Gasteiger partial charge in [0.25, 0.3) is 12.0 Å². The zero-order valence-electron chi connectivity index (χ0n) is 18.6. The van der Waals surface area contributed by atoms with E-state index < -0.39 is 29.9 Å². The predicted octanol–water partition coefficient (Wildman–Crippen LogP) is 4.44. The molecule has 2 N–H and O–H groups in total. The molecule has 1 amide bonds. The van der Waals surface area contributed by atoms with E-state index in [1.807, 2.05) is 0 Å². The molecule has 3 heterocycles. The van der Waals surface area contributed by atoms with Gasteiger partial charge in [-0.3, -0.25) is 9.36 Å². The molecule has 2 aromatic heterocycles. The average Bonchev–Trinajstić information content (AvgIpc) is 2.81. The third-order valence-electron chi connectivity index (χ3n) is 6.28. The molecule has 4 rings (SSSR count). The van der Waals surface area contributed by atoms with Crippen LogP contribution in [0.3, 0.4) is 0 Å². The minimum Gasteiger partial charge on any atom is -0.465 e. The lowest BCUT2D eigenvalue weighted by Crippen LogP contribution is -2.40. The molecule has 0 spiro atoms. The van der Waals surface area contributed by atoms with E-state index in [0.29, 0.717) is 41.8 Å². The number of carbonyl (C=O) groups is 1. The smallest absolute Gasteiger partial charge is 0.407 e. The third kappa shape index (κ3) is 4.29. The monoisotopic (exact) mass is 475 g/mol. The number of aryl methyl sites for hydroxylation is 1. The van der Waals surface area contributed by atoms with Gasteiger partial charge in [-0.15, -0.1) is 0 Å². The molecule has 2 atom stereocenters. The summed E-state index contributed by atoms with van der Waals surface area (Å²) < 4.78 is 42.3. The Hall–Kier alpha value is -3.63. The van der Waals surface area contributed by atoms with E-state index in [1.165, 1.54) is 27.9 Å². The van der Waals surface area contributed by atoms with E-state index >= 15 is 0 Å². The number of anilines is 1. The Kier molecular flexibility index (Phi) is 6.45. The van der Waals surface area contributed by atoms with Crippen molar-refractivity contribution in [3.63, 3.8) is 0 Å².